The third-order valence-electron chi connectivity index (χ3n) is 5.09. The van der Waals surface area contributed by atoms with Crippen LogP contribution in [0.4, 0.5) is 0 Å². The molecular formula is C21H24N4O3. The van der Waals surface area contributed by atoms with Gasteiger partial charge in [-0.2, -0.15) is 5.10 Å². The van der Waals surface area contributed by atoms with E-state index in [1.807, 2.05) is 56.6 Å². The summed E-state index contributed by atoms with van der Waals surface area (Å²) in [5, 5.41) is 11.5. The van der Waals surface area contributed by atoms with Gasteiger partial charge in [0, 0.05) is 35.9 Å². The summed E-state index contributed by atoms with van der Waals surface area (Å²) in [4.78, 5) is 12.8. The molecule has 0 spiro atoms. The number of hydrogen-bond acceptors (Lipinski definition) is 5. The number of rotatable bonds is 4. The minimum absolute atomic E-state index is 0.162. The number of amides is 1. The summed E-state index contributed by atoms with van der Waals surface area (Å²) in [7, 11) is 0. The van der Waals surface area contributed by atoms with Crippen molar-refractivity contribution in [2.75, 3.05) is 0 Å². The quantitative estimate of drug-likeness (QED) is 0.742. The number of nitrogens with one attached hydrogen (secondary N) is 1. The molecule has 7 nitrogen and oxygen atoms in total. The molecule has 1 aliphatic rings. The molecule has 0 fully saturated rings. The summed E-state index contributed by atoms with van der Waals surface area (Å²) < 4.78 is 13.2. The Hall–Kier alpha value is -3.09. The van der Waals surface area contributed by atoms with Crippen LogP contribution in [-0.2, 0) is 6.54 Å². The fourth-order valence-electron chi connectivity index (χ4n) is 3.69. The van der Waals surface area contributed by atoms with E-state index in [0.29, 0.717) is 12.1 Å². The molecule has 4 rings (SSSR count). The number of nitrogens with zero attached hydrogens (tertiary/aromatic N) is 3. The molecule has 3 aromatic rings. The topological polar surface area (TPSA) is 82.2 Å². The number of ether oxygens (including phenoxy) is 1. The van der Waals surface area contributed by atoms with E-state index in [9.17, 15) is 4.79 Å². The smallest absolute Gasteiger partial charge is 0.290 e. The second-order valence-electron chi connectivity index (χ2n) is 7.67. The maximum Gasteiger partial charge on any atom is 0.290 e. The standard InChI is InChI=1S/C21H24N4O3/c1-5-25-13(2)15(12-22-25)16-10-19(28-24-16)20(26)23-17-11-21(3,4)27-18-9-7-6-8-14(17)18/h6-10,12,17H,5,11H2,1-4H3,(H,23,26). The van der Waals surface area contributed by atoms with Crippen molar-refractivity contribution in [1.29, 1.82) is 0 Å². The van der Waals surface area contributed by atoms with Crippen LogP contribution >= 0.6 is 0 Å². The SMILES string of the molecule is CCn1ncc(-c2cc(C(=O)NC3CC(C)(C)Oc4ccccc43)on2)c1C. The third-order valence-corrected chi connectivity index (χ3v) is 5.09. The molecule has 1 N–H and O–H groups in total. The molecular weight excluding hydrogens is 356 g/mol. The number of benzene rings is 1. The van der Waals surface area contributed by atoms with Gasteiger partial charge in [-0.05, 0) is 33.8 Å². The Morgan fingerprint density at radius 1 is 1.36 bits per heavy atom. The molecule has 0 radical (unpaired) electrons. The van der Waals surface area contributed by atoms with Gasteiger partial charge in [0.25, 0.3) is 5.91 Å². The number of hydrogen-bond donors (Lipinski definition) is 1. The molecule has 2 aromatic heterocycles. The summed E-state index contributed by atoms with van der Waals surface area (Å²) in [6, 6.07) is 9.28. The maximum atomic E-state index is 12.8. The van der Waals surface area contributed by atoms with E-state index < -0.39 is 0 Å². The number of fused-ring (bicyclic) bond motifs is 1. The lowest BCUT2D eigenvalue weighted by Crippen LogP contribution is -2.41. The van der Waals surface area contributed by atoms with Gasteiger partial charge in [-0.25, -0.2) is 0 Å². The first-order valence-corrected chi connectivity index (χ1v) is 9.46. The normalized spacial score (nSPS) is 17.6. The van der Waals surface area contributed by atoms with Gasteiger partial charge in [-0.3, -0.25) is 9.48 Å². The van der Waals surface area contributed by atoms with Crippen LogP contribution in [-0.4, -0.2) is 26.4 Å². The van der Waals surface area contributed by atoms with Crippen molar-refractivity contribution in [2.24, 2.45) is 0 Å². The maximum absolute atomic E-state index is 12.8. The molecule has 0 bridgehead atoms. The second-order valence-corrected chi connectivity index (χ2v) is 7.67. The first-order valence-electron chi connectivity index (χ1n) is 9.46. The van der Waals surface area contributed by atoms with Crippen molar-refractivity contribution in [3.8, 4) is 17.0 Å². The predicted octanol–water partition coefficient (Wildman–Crippen LogP) is 3.90. The molecule has 0 saturated heterocycles. The average Bonchev–Trinajstić information content (AvgIpc) is 3.27. The first-order chi connectivity index (χ1) is 13.4. The molecule has 146 valence electrons. The minimum atomic E-state index is -0.370. The van der Waals surface area contributed by atoms with Crippen molar-refractivity contribution in [1.82, 2.24) is 20.3 Å². The summed E-state index contributed by atoms with van der Waals surface area (Å²) >= 11 is 0. The van der Waals surface area contributed by atoms with Gasteiger partial charge in [0.1, 0.15) is 17.0 Å². The molecule has 7 heteroatoms. The van der Waals surface area contributed by atoms with Crippen molar-refractivity contribution in [3.63, 3.8) is 0 Å². The first kappa shape index (κ1) is 18.3. The van der Waals surface area contributed by atoms with Gasteiger partial charge < -0.3 is 14.6 Å². The molecule has 1 atom stereocenters. The van der Waals surface area contributed by atoms with Gasteiger partial charge in [0.15, 0.2) is 0 Å². The Kier molecular flexibility index (Phi) is 4.45. The molecule has 1 amide bonds. The monoisotopic (exact) mass is 380 g/mol. The lowest BCUT2D eigenvalue weighted by atomic mass is 9.89. The fraction of sp³-hybridized carbons (Fsp3) is 0.381. The average molecular weight is 380 g/mol. The van der Waals surface area contributed by atoms with Crippen LogP contribution < -0.4 is 10.1 Å². The summed E-state index contributed by atoms with van der Waals surface area (Å²) in [5.41, 5.74) is 3.06. The van der Waals surface area contributed by atoms with E-state index >= 15 is 0 Å². The third kappa shape index (κ3) is 3.28. The van der Waals surface area contributed by atoms with Crippen LogP contribution in [0.2, 0.25) is 0 Å². The molecule has 0 aliphatic carbocycles. The zero-order valence-electron chi connectivity index (χ0n) is 16.5. The van der Waals surface area contributed by atoms with Gasteiger partial charge in [-0.15, -0.1) is 0 Å². The van der Waals surface area contributed by atoms with E-state index in [0.717, 1.165) is 29.1 Å². The molecule has 1 aliphatic heterocycles. The van der Waals surface area contributed by atoms with Crippen molar-refractivity contribution < 1.29 is 14.1 Å². The lowest BCUT2D eigenvalue weighted by molar-refractivity contribution is 0.0609. The summed E-state index contributed by atoms with van der Waals surface area (Å²) in [6.45, 7) is 8.81. The highest BCUT2D eigenvalue weighted by atomic mass is 16.5. The van der Waals surface area contributed by atoms with Gasteiger partial charge >= 0.3 is 0 Å². The Labute approximate surface area is 163 Å². The second kappa shape index (κ2) is 6.82. The largest absolute Gasteiger partial charge is 0.487 e. The van der Waals surface area contributed by atoms with Gasteiger partial charge in [0.2, 0.25) is 5.76 Å². The van der Waals surface area contributed by atoms with Crippen LogP contribution in [0.3, 0.4) is 0 Å². The number of aryl methyl sites for hydroxylation is 1. The van der Waals surface area contributed by atoms with Crippen LogP contribution in [0.5, 0.6) is 5.75 Å². The summed E-state index contributed by atoms with van der Waals surface area (Å²) in [5.74, 6) is 0.683. The van der Waals surface area contributed by atoms with Crippen molar-refractivity contribution >= 4 is 5.91 Å². The molecule has 0 saturated carbocycles. The zero-order chi connectivity index (χ0) is 19.9. The fourth-order valence-corrected chi connectivity index (χ4v) is 3.69. The van der Waals surface area contributed by atoms with Crippen LogP contribution in [0, 0.1) is 6.92 Å². The van der Waals surface area contributed by atoms with E-state index in [-0.39, 0.29) is 23.3 Å². The van der Waals surface area contributed by atoms with Crippen LogP contribution in [0.15, 0.2) is 41.1 Å². The minimum Gasteiger partial charge on any atom is -0.487 e. The van der Waals surface area contributed by atoms with E-state index in [4.69, 9.17) is 9.26 Å². The number of carbonyl (C=O) groups excluding carboxylic acids is 1. The van der Waals surface area contributed by atoms with Crippen LogP contribution in [0.25, 0.3) is 11.3 Å². The Morgan fingerprint density at radius 2 is 2.14 bits per heavy atom. The molecule has 28 heavy (non-hydrogen) atoms. The Bertz CT molecular complexity index is 1020. The lowest BCUT2D eigenvalue weighted by Gasteiger charge is -2.37. The number of aromatic nitrogens is 3. The molecule has 1 aromatic carbocycles. The highest BCUT2D eigenvalue weighted by Gasteiger charge is 2.35. The number of carbonyl (C=O) groups is 1. The highest BCUT2D eigenvalue weighted by molar-refractivity contribution is 5.92. The Balaban J connectivity index is 1.56. The van der Waals surface area contributed by atoms with Crippen molar-refractivity contribution in [3.05, 3.63) is 53.5 Å². The molecule has 1 unspecified atom stereocenters. The number of para-hydroxylation sites is 1. The van der Waals surface area contributed by atoms with Crippen molar-refractivity contribution in [2.45, 2.75) is 52.3 Å². The van der Waals surface area contributed by atoms with Gasteiger partial charge in [0.05, 0.1) is 12.2 Å². The molecule has 3 heterocycles. The van der Waals surface area contributed by atoms with E-state index in [1.54, 1.807) is 12.3 Å². The van der Waals surface area contributed by atoms with E-state index in [1.165, 1.54) is 0 Å². The van der Waals surface area contributed by atoms with Crippen LogP contribution in [0.1, 0.15) is 55.0 Å². The summed E-state index contributed by atoms with van der Waals surface area (Å²) in [6.07, 6.45) is 2.41. The zero-order valence-corrected chi connectivity index (χ0v) is 16.5. The van der Waals surface area contributed by atoms with E-state index in [2.05, 4.69) is 15.6 Å². The van der Waals surface area contributed by atoms with Gasteiger partial charge in [-0.1, -0.05) is 23.4 Å². The predicted molar refractivity (Wildman–Crippen MR) is 104 cm³/mol. The Morgan fingerprint density at radius 3 is 2.89 bits per heavy atom. The highest BCUT2D eigenvalue weighted by Crippen LogP contribution is 2.39.